The Balaban J connectivity index is 0.000000677. The van der Waals surface area contributed by atoms with E-state index in [9.17, 15) is 18.0 Å². The summed E-state index contributed by atoms with van der Waals surface area (Å²) in [5, 5.41) is 3.48. The summed E-state index contributed by atoms with van der Waals surface area (Å²) >= 11 is 0. The number of rotatable bonds is 3. The Morgan fingerprint density at radius 2 is 1.90 bits per heavy atom. The van der Waals surface area contributed by atoms with E-state index in [1.54, 1.807) is 7.05 Å². The van der Waals surface area contributed by atoms with Crippen LogP contribution in [0.25, 0.3) is 11.4 Å². The quantitative estimate of drug-likeness (QED) is 0.503. The highest BCUT2D eigenvalue weighted by atomic mass is 19.4. The zero-order chi connectivity index (χ0) is 15.9. The number of nitrogens with zero attached hydrogens (tertiary/aromatic N) is 2. The number of benzene rings is 1. The van der Waals surface area contributed by atoms with Crippen molar-refractivity contribution >= 4 is 6.29 Å². The molecule has 0 aliphatic rings. The van der Waals surface area contributed by atoms with Crippen molar-refractivity contribution in [1.29, 1.82) is 0 Å². The fourth-order valence-corrected chi connectivity index (χ4v) is 1.21. The van der Waals surface area contributed by atoms with Gasteiger partial charge in [-0.1, -0.05) is 5.16 Å². The first-order valence-electron chi connectivity index (χ1n) is 5.42. The minimum atomic E-state index is -4.74. The first-order chi connectivity index (χ1) is 9.89. The second-order valence-electron chi connectivity index (χ2n) is 3.43. The number of hydrazine groups is 1. The molecule has 0 bridgehead atoms. The van der Waals surface area contributed by atoms with Crippen LogP contribution in [0.5, 0.6) is 5.75 Å². The lowest BCUT2D eigenvalue weighted by Crippen LogP contribution is -2.16. The molecular weight excluding hydrogens is 293 g/mol. The molecular formula is C11H11F3N4O3. The van der Waals surface area contributed by atoms with Gasteiger partial charge in [0.15, 0.2) is 0 Å². The summed E-state index contributed by atoms with van der Waals surface area (Å²) in [5.74, 6) is 4.14. The van der Waals surface area contributed by atoms with Crippen LogP contribution in [0.1, 0.15) is 10.7 Å². The molecule has 0 saturated heterocycles. The van der Waals surface area contributed by atoms with E-state index in [1.165, 1.54) is 12.1 Å². The molecule has 0 spiro atoms. The van der Waals surface area contributed by atoms with Gasteiger partial charge in [-0.2, -0.15) is 4.98 Å². The average molecular weight is 304 g/mol. The zero-order valence-corrected chi connectivity index (χ0v) is 10.7. The number of ether oxygens (including phenoxy) is 1. The van der Waals surface area contributed by atoms with E-state index in [0.717, 1.165) is 12.1 Å². The van der Waals surface area contributed by atoms with Crippen LogP contribution in [0.3, 0.4) is 0 Å². The van der Waals surface area contributed by atoms with E-state index in [-0.39, 0.29) is 17.5 Å². The molecule has 2 rings (SSSR count). The molecule has 0 atom stereocenters. The van der Waals surface area contributed by atoms with Crippen molar-refractivity contribution < 1.29 is 27.2 Å². The topological polar surface area (TPSA) is 103 Å². The summed E-state index contributed by atoms with van der Waals surface area (Å²) in [6, 6.07) is 4.86. The van der Waals surface area contributed by atoms with E-state index < -0.39 is 6.36 Å². The number of carbonyl (C=O) groups excluding carboxylic acids is 1. The van der Waals surface area contributed by atoms with Crippen molar-refractivity contribution in [3.8, 4) is 17.1 Å². The van der Waals surface area contributed by atoms with E-state index in [4.69, 9.17) is 0 Å². The number of halogens is 3. The van der Waals surface area contributed by atoms with Crippen LogP contribution in [0, 0.1) is 0 Å². The lowest BCUT2D eigenvalue weighted by atomic mass is 10.2. The summed E-state index contributed by atoms with van der Waals surface area (Å²) < 4.78 is 44.0. The lowest BCUT2D eigenvalue weighted by Gasteiger charge is -2.08. The van der Waals surface area contributed by atoms with Gasteiger partial charge in [0.2, 0.25) is 12.1 Å². The Morgan fingerprint density at radius 3 is 2.33 bits per heavy atom. The van der Waals surface area contributed by atoms with Crippen LogP contribution in [0.2, 0.25) is 0 Å². The molecule has 0 unspecified atom stereocenters. The summed E-state index contributed by atoms with van der Waals surface area (Å²) in [6.07, 6.45) is -4.37. The van der Waals surface area contributed by atoms with Crippen LogP contribution in [-0.4, -0.2) is 29.8 Å². The molecule has 0 radical (unpaired) electrons. The summed E-state index contributed by atoms with van der Waals surface area (Å²) in [7, 11) is 1.65. The lowest BCUT2D eigenvalue weighted by molar-refractivity contribution is -0.274. The molecule has 1 aromatic carbocycles. The van der Waals surface area contributed by atoms with Gasteiger partial charge in [-0.05, 0) is 31.3 Å². The first-order valence-corrected chi connectivity index (χ1v) is 5.42. The zero-order valence-electron chi connectivity index (χ0n) is 10.7. The Morgan fingerprint density at radius 1 is 1.33 bits per heavy atom. The third kappa shape index (κ3) is 5.58. The monoisotopic (exact) mass is 304 g/mol. The third-order valence-corrected chi connectivity index (χ3v) is 1.89. The second kappa shape index (κ2) is 7.36. The van der Waals surface area contributed by atoms with Crippen LogP contribution in [0.4, 0.5) is 13.2 Å². The Kier molecular flexibility index (Phi) is 5.81. The molecule has 0 fully saturated rings. The Labute approximate surface area is 116 Å². The minimum absolute atomic E-state index is 0.107. The largest absolute Gasteiger partial charge is 0.573 e. The summed E-state index contributed by atoms with van der Waals surface area (Å²) in [4.78, 5) is 14.0. The van der Waals surface area contributed by atoms with Crippen LogP contribution < -0.4 is 16.0 Å². The maximum atomic E-state index is 11.9. The van der Waals surface area contributed by atoms with Gasteiger partial charge in [-0.3, -0.25) is 16.1 Å². The van der Waals surface area contributed by atoms with E-state index in [0.29, 0.717) is 11.8 Å². The minimum Gasteiger partial charge on any atom is -0.406 e. The molecule has 0 amide bonds. The van der Waals surface area contributed by atoms with Crippen molar-refractivity contribution in [1.82, 2.24) is 15.6 Å². The maximum absolute atomic E-state index is 11.9. The molecule has 0 aliphatic heterocycles. The molecule has 3 N–H and O–H groups in total. The van der Waals surface area contributed by atoms with E-state index in [1.807, 2.05) is 0 Å². The molecule has 114 valence electrons. The average Bonchev–Trinajstić information content (AvgIpc) is 2.87. The Bertz CT molecular complexity index is 569. The molecule has 0 saturated carbocycles. The van der Waals surface area contributed by atoms with E-state index in [2.05, 4.69) is 30.7 Å². The van der Waals surface area contributed by atoms with Crippen molar-refractivity contribution in [2.24, 2.45) is 5.84 Å². The van der Waals surface area contributed by atoms with Crippen LogP contribution >= 0.6 is 0 Å². The van der Waals surface area contributed by atoms with Gasteiger partial charge in [-0.25, -0.2) is 0 Å². The van der Waals surface area contributed by atoms with Gasteiger partial charge in [0.05, 0.1) is 0 Å². The van der Waals surface area contributed by atoms with Crippen molar-refractivity contribution in [2.75, 3.05) is 7.05 Å². The predicted octanol–water partition coefficient (Wildman–Crippen LogP) is 1.53. The maximum Gasteiger partial charge on any atom is 0.573 e. The smallest absolute Gasteiger partial charge is 0.406 e. The van der Waals surface area contributed by atoms with Gasteiger partial charge in [0.1, 0.15) is 5.75 Å². The number of carbonyl (C=O) groups is 1. The summed E-state index contributed by atoms with van der Waals surface area (Å²) in [5.41, 5.74) is 2.65. The SMILES string of the molecule is CNN.O=Cc1nc(-c2ccc(OC(F)(F)F)cc2)no1. The molecule has 21 heavy (non-hydrogen) atoms. The van der Waals surface area contributed by atoms with Crippen molar-refractivity contribution in [3.05, 3.63) is 30.2 Å². The van der Waals surface area contributed by atoms with Gasteiger partial charge < -0.3 is 9.26 Å². The second-order valence-corrected chi connectivity index (χ2v) is 3.43. The van der Waals surface area contributed by atoms with Crippen LogP contribution in [-0.2, 0) is 0 Å². The number of aromatic nitrogens is 2. The number of nitrogens with two attached hydrogens (primary N) is 1. The summed E-state index contributed by atoms with van der Waals surface area (Å²) in [6.45, 7) is 0. The highest BCUT2D eigenvalue weighted by Crippen LogP contribution is 2.25. The van der Waals surface area contributed by atoms with Gasteiger partial charge in [-0.15, -0.1) is 13.2 Å². The highest BCUT2D eigenvalue weighted by Gasteiger charge is 2.31. The van der Waals surface area contributed by atoms with Gasteiger partial charge >= 0.3 is 6.36 Å². The number of nitrogens with one attached hydrogen (secondary N) is 1. The fraction of sp³-hybridized carbons (Fsp3) is 0.182. The molecule has 1 aromatic heterocycles. The molecule has 7 nitrogen and oxygen atoms in total. The highest BCUT2D eigenvalue weighted by molar-refractivity contribution is 5.69. The Hall–Kier alpha value is -2.46. The van der Waals surface area contributed by atoms with Crippen molar-refractivity contribution in [2.45, 2.75) is 6.36 Å². The van der Waals surface area contributed by atoms with Gasteiger partial charge in [0, 0.05) is 5.56 Å². The molecule has 0 aliphatic carbocycles. The predicted molar refractivity (Wildman–Crippen MR) is 65.1 cm³/mol. The molecule has 10 heteroatoms. The number of hydrogen-bond donors (Lipinski definition) is 2. The molecule has 1 heterocycles. The number of alkyl halides is 3. The standard InChI is InChI=1S/C10H5F3N2O3.CH6N2/c11-10(12,13)17-7-3-1-6(2-4-7)9-14-8(5-16)18-15-9;1-3-2/h1-5H;3H,2H2,1H3. The third-order valence-electron chi connectivity index (χ3n) is 1.89. The fourth-order valence-electron chi connectivity index (χ4n) is 1.21. The molecule has 2 aromatic rings. The van der Waals surface area contributed by atoms with Crippen molar-refractivity contribution in [3.63, 3.8) is 0 Å². The van der Waals surface area contributed by atoms with Crippen LogP contribution in [0.15, 0.2) is 28.8 Å². The normalized spacial score (nSPS) is 10.5. The van der Waals surface area contributed by atoms with E-state index >= 15 is 0 Å². The van der Waals surface area contributed by atoms with Gasteiger partial charge in [0.25, 0.3) is 5.89 Å². The first kappa shape index (κ1) is 16.6. The number of hydrogen-bond acceptors (Lipinski definition) is 7. The number of aldehydes is 1.